The van der Waals surface area contributed by atoms with E-state index in [1.807, 2.05) is 48.5 Å². The van der Waals surface area contributed by atoms with Crippen LogP contribution in [0.1, 0.15) is 42.6 Å². The fourth-order valence-corrected chi connectivity index (χ4v) is 4.89. The summed E-state index contributed by atoms with van der Waals surface area (Å²) in [6.07, 6.45) is 5.76. The minimum absolute atomic E-state index is 0.0103. The first-order chi connectivity index (χ1) is 16.2. The number of nitrogens with zero attached hydrogens (tertiary/aromatic N) is 1. The summed E-state index contributed by atoms with van der Waals surface area (Å²) in [5, 5.41) is 4.13. The van der Waals surface area contributed by atoms with Gasteiger partial charge in [-0.1, -0.05) is 30.3 Å². The van der Waals surface area contributed by atoms with Crippen LogP contribution in [0.15, 0.2) is 52.9 Å². The molecule has 1 N–H and O–H groups in total. The predicted molar refractivity (Wildman–Crippen MR) is 126 cm³/mol. The van der Waals surface area contributed by atoms with Gasteiger partial charge in [-0.05, 0) is 55.9 Å². The second-order valence-electron chi connectivity index (χ2n) is 9.02. The van der Waals surface area contributed by atoms with Crippen molar-refractivity contribution in [3.8, 4) is 5.75 Å². The zero-order chi connectivity index (χ0) is 22.6. The summed E-state index contributed by atoms with van der Waals surface area (Å²) in [6.45, 7) is 1.72. The van der Waals surface area contributed by atoms with Gasteiger partial charge in [0.05, 0.1) is 0 Å². The topological polar surface area (TPSA) is 71.8 Å². The van der Waals surface area contributed by atoms with E-state index < -0.39 is 0 Å². The number of ether oxygens (including phenoxy) is 1. The molecule has 1 aliphatic heterocycles. The van der Waals surface area contributed by atoms with Crippen LogP contribution >= 0.6 is 0 Å². The SMILES string of the molecule is O=C(NCc1ccccc1)C1CCN(C(=O)COc2ccc3oc4c(c3c2)CCCC4)CC1. The molecule has 33 heavy (non-hydrogen) atoms. The molecule has 0 bridgehead atoms. The third-order valence-corrected chi connectivity index (χ3v) is 6.82. The fraction of sp³-hybridized carbons (Fsp3) is 0.407. The van der Waals surface area contributed by atoms with Gasteiger partial charge in [0.25, 0.3) is 5.91 Å². The molecule has 0 unspecified atom stereocenters. The van der Waals surface area contributed by atoms with Gasteiger partial charge in [-0.3, -0.25) is 9.59 Å². The highest BCUT2D eigenvalue weighted by Crippen LogP contribution is 2.34. The number of nitrogens with one attached hydrogen (secondary N) is 1. The maximum absolute atomic E-state index is 12.7. The van der Waals surface area contributed by atoms with Crippen molar-refractivity contribution in [1.82, 2.24) is 10.2 Å². The molecule has 2 aromatic carbocycles. The number of rotatable bonds is 6. The largest absolute Gasteiger partial charge is 0.484 e. The summed E-state index contributed by atoms with van der Waals surface area (Å²) >= 11 is 0. The molecule has 0 spiro atoms. The van der Waals surface area contributed by atoms with Gasteiger partial charge in [0, 0.05) is 42.9 Å². The van der Waals surface area contributed by atoms with Gasteiger partial charge in [-0.2, -0.15) is 0 Å². The molecule has 0 atom stereocenters. The Hall–Kier alpha value is -3.28. The predicted octanol–water partition coefficient (Wildman–Crippen LogP) is 4.25. The molecule has 2 amide bonds. The second kappa shape index (κ2) is 9.69. The van der Waals surface area contributed by atoms with Gasteiger partial charge >= 0.3 is 0 Å². The van der Waals surface area contributed by atoms with E-state index in [0.29, 0.717) is 38.2 Å². The monoisotopic (exact) mass is 446 g/mol. The van der Waals surface area contributed by atoms with Crippen LogP contribution in [0.5, 0.6) is 5.75 Å². The van der Waals surface area contributed by atoms with Crippen LogP contribution < -0.4 is 10.1 Å². The quantitative estimate of drug-likeness (QED) is 0.615. The minimum atomic E-state index is -0.0478. The Morgan fingerprint density at radius 2 is 1.82 bits per heavy atom. The van der Waals surface area contributed by atoms with Crippen molar-refractivity contribution in [2.75, 3.05) is 19.7 Å². The van der Waals surface area contributed by atoms with Crippen LogP contribution in [0, 0.1) is 5.92 Å². The van der Waals surface area contributed by atoms with E-state index in [0.717, 1.165) is 35.1 Å². The summed E-state index contributed by atoms with van der Waals surface area (Å²) in [5.74, 6) is 1.78. The highest BCUT2D eigenvalue weighted by atomic mass is 16.5. The molecule has 1 saturated heterocycles. The molecule has 1 aliphatic carbocycles. The number of piperidine rings is 1. The van der Waals surface area contributed by atoms with Gasteiger partial charge in [0.2, 0.25) is 5.91 Å². The Morgan fingerprint density at radius 3 is 2.64 bits per heavy atom. The lowest BCUT2D eigenvalue weighted by molar-refractivity contribution is -0.137. The lowest BCUT2D eigenvalue weighted by atomic mass is 9.95. The van der Waals surface area contributed by atoms with Crippen molar-refractivity contribution < 1.29 is 18.7 Å². The first-order valence-electron chi connectivity index (χ1n) is 11.9. The number of hydrogen-bond acceptors (Lipinski definition) is 4. The lowest BCUT2D eigenvalue weighted by Crippen LogP contribution is -2.44. The maximum Gasteiger partial charge on any atom is 0.260 e. The van der Waals surface area contributed by atoms with E-state index >= 15 is 0 Å². The number of hydrogen-bond donors (Lipinski definition) is 1. The Balaban J connectivity index is 1.10. The zero-order valence-corrected chi connectivity index (χ0v) is 18.8. The molecule has 2 aliphatic rings. The van der Waals surface area contributed by atoms with E-state index in [4.69, 9.17) is 9.15 Å². The Kier molecular flexibility index (Phi) is 6.33. The number of likely N-dealkylation sites (tertiary alicyclic amines) is 1. The van der Waals surface area contributed by atoms with Gasteiger partial charge in [-0.15, -0.1) is 0 Å². The van der Waals surface area contributed by atoms with Crippen molar-refractivity contribution in [3.63, 3.8) is 0 Å². The van der Waals surface area contributed by atoms with Crippen molar-refractivity contribution in [2.24, 2.45) is 5.92 Å². The number of aryl methyl sites for hydroxylation is 2. The average molecular weight is 447 g/mol. The van der Waals surface area contributed by atoms with Crippen molar-refractivity contribution in [2.45, 2.75) is 45.1 Å². The molecule has 6 nitrogen and oxygen atoms in total. The minimum Gasteiger partial charge on any atom is -0.484 e. The molecule has 5 rings (SSSR count). The molecule has 0 radical (unpaired) electrons. The summed E-state index contributed by atoms with van der Waals surface area (Å²) in [6, 6.07) is 15.7. The highest BCUT2D eigenvalue weighted by Gasteiger charge is 2.27. The van der Waals surface area contributed by atoms with Gasteiger partial charge in [0.15, 0.2) is 6.61 Å². The Bertz CT molecular complexity index is 1130. The number of fused-ring (bicyclic) bond motifs is 3. The highest BCUT2D eigenvalue weighted by molar-refractivity contribution is 5.84. The normalized spacial score (nSPS) is 16.4. The number of carbonyl (C=O) groups excluding carboxylic acids is 2. The Labute approximate surface area is 193 Å². The van der Waals surface area contributed by atoms with E-state index in [1.54, 1.807) is 4.90 Å². The average Bonchev–Trinajstić information content (AvgIpc) is 3.24. The van der Waals surface area contributed by atoms with Crippen LogP contribution in [0.3, 0.4) is 0 Å². The lowest BCUT2D eigenvalue weighted by Gasteiger charge is -2.31. The van der Waals surface area contributed by atoms with Gasteiger partial charge < -0.3 is 19.4 Å². The summed E-state index contributed by atoms with van der Waals surface area (Å²) in [4.78, 5) is 27.0. The maximum atomic E-state index is 12.7. The summed E-state index contributed by atoms with van der Waals surface area (Å²) in [7, 11) is 0. The molecule has 6 heteroatoms. The van der Waals surface area contributed by atoms with E-state index in [-0.39, 0.29) is 24.3 Å². The van der Waals surface area contributed by atoms with E-state index in [2.05, 4.69) is 5.32 Å². The molecular weight excluding hydrogens is 416 g/mol. The van der Waals surface area contributed by atoms with Crippen LogP contribution in [-0.4, -0.2) is 36.4 Å². The molecule has 2 heterocycles. The zero-order valence-electron chi connectivity index (χ0n) is 18.8. The smallest absolute Gasteiger partial charge is 0.260 e. The van der Waals surface area contributed by atoms with Crippen LogP contribution in [-0.2, 0) is 29.0 Å². The molecule has 1 fully saturated rings. The number of furan rings is 1. The van der Waals surface area contributed by atoms with Crippen molar-refractivity contribution >= 4 is 22.8 Å². The molecule has 0 saturated carbocycles. The third-order valence-electron chi connectivity index (χ3n) is 6.82. The summed E-state index contributed by atoms with van der Waals surface area (Å²) in [5.41, 5.74) is 3.28. The fourth-order valence-electron chi connectivity index (χ4n) is 4.89. The number of carbonyl (C=O) groups is 2. The Morgan fingerprint density at radius 1 is 1.03 bits per heavy atom. The number of amides is 2. The summed E-state index contributed by atoms with van der Waals surface area (Å²) < 4.78 is 11.8. The van der Waals surface area contributed by atoms with Gasteiger partial charge in [0.1, 0.15) is 17.1 Å². The standard InChI is InChI=1S/C27H30N2O4/c30-26(18-32-21-10-11-25-23(16-21)22-8-4-5-9-24(22)33-25)29-14-12-20(13-15-29)27(31)28-17-19-6-2-1-3-7-19/h1-3,6-7,10-11,16,20H,4-5,8-9,12-15,17-18H2,(H,28,31). The first-order valence-corrected chi connectivity index (χ1v) is 11.9. The van der Waals surface area contributed by atoms with Crippen LogP contribution in [0.2, 0.25) is 0 Å². The second-order valence-corrected chi connectivity index (χ2v) is 9.02. The van der Waals surface area contributed by atoms with Crippen molar-refractivity contribution in [3.05, 3.63) is 65.4 Å². The molecule has 172 valence electrons. The van der Waals surface area contributed by atoms with Gasteiger partial charge in [-0.25, -0.2) is 0 Å². The number of benzene rings is 2. The molecular formula is C27H30N2O4. The van der Waals surface area contributed by atoms with E-state index in [1.165, 1.54) is 18.4 Å². The van der Waals surface area contributed by atoms with Crippen LogP contribution in [0.4, 0.5) is 0 Å². The van der Waals surface area contributed by atoms with Crippen molar-refractivity contribution in [1.29, 1.82) is 0 Å². The first kappa shape index (κ1) is 21.6. The third kappa shape index (κ3) is 4.90. The van der Waals surface area contributed by atoms with E-state index in [9.17, 15) is 9.59 Å². The van der Waals surface area contributed by atoms with Crippen LogP contribution in [0.25, 0.3) is 11.0 Å². The molecule has 1 aromatic heterocycles. The molecule has 3 aromatic rings.